The number of nitrogens with zero attached hydrogens (tertiary/aromatic N) is 1. The van der Waals surface area contributed by atoms with E-state index in [2.05, 4.69) is 27.4 Å². The molecule has 138 valence electrons. The lowest BCUT2D eigenvalue weighted by molar-refractivity contribution is -0.131. The van der Waals surface area contributed by atoms with E-state index in [4.69, 9.17) is 0 Å². The normalized spacial score (nSPS) is 16.2. The molecular weight excluding hydrogens is 344 g/mol. The molecule has 0 radical (unpaired) electrons. The topological polar surface area (TPSA) is 98.1 Å². The van der Waals surface area contributed by atoms with E-state index in [9.17, 15) is 14.4 Å². The smallest absolute Gasteiger partial charge is 0.326 e. The van der Waals surface area contributed by atoms with Crippen LogP contribution in [0.2, 0.25) is 0 Å². The van der Waals surface area contributed by atoms with E-state index in [1.54, 1.807) is 18.2 Å². The van der Waals surface area contributed by atoms with E-state index in [0.29, 0.717) is 23.1 Å². The fourth-order valence-electron chi connectivity index (χ4n) is 3.67. The van der Waals surface area contributed by atoms with Gasteiger partial charge in [0.15, 0.2) is 0 Å². The number of nitrogens with one attached hydrogen (secondary N) is 3. The Morgan fingerprint density at radius 3 is 2.85 bits per heavy atom. The summed E-state index contributed by atoms with van der Waals surface area (Å²) in [6, 6.07) is 13.3. The van der Waals surface area contributed by atoms with Crippen LogP contribution in [-0.4, -0.2) is 33.9 Å². The Hall–Kier alpha value is -3.35. The molecule has 0 fully saturated rings. The van der Waals surface area contributed by atoms with Gasteiger partial charge in [-0.25, -0.2) is 4.79 Å². The van der Waals surface area contributed by atoms with Crippen molar-refractivity contribution in [3.8, 4) is 0 Å². The summed E-state index contributed by atoms with van der Waals surface area (Å²) in [5.41, 5.74) is 2.60. The second kappa shape index (κ2) is 6.75. The molecule has 3 aromatic rings. The van der Waals surface area contributed by atoms with Crippen molar-refractivity contribution in [2.24, 2.45) is 0 Å². The zero-order chi connectivity index (χ0) is 19.0. The van der Waals surface area contributed by atoms with Crippen molar-refractivity contribution in [2.45, 2.75) is 19.4 Å². The summed E-state index contributed by atoms with van der Waals surface area (Å²) in [5, 5.41) is 3.49. The SMILES string of the molecule is CC1c2ccccc2CCN1C(=O)CNc1ccc2c(=O)[nH]c(=O)[nH]c2c1. The zero-order valence-electron chi connectivity index (χ0n) is 14.9. The minimum Gasteiger partial charge on any atom is -0.376 e. The molecular formula is C20H20N4O3. The van der Waals surface area contributed by atoms with Crippen molar-refractivity contribution in [1.29, 1.82) is 0 Å². The third kappa shape index (κ3) is 3.23. The van der Waals surface area contributed by atoms with Gasteiger partial charge in [0.05, 0.1) is 23.5 Å². The van der Waals surface area contributed by atoms with Crippen LogP contribution < -0.4 is 16.6 Å². The molecule has 3 N–H and O–H groups in total. The van der Waals surface area contributed by atoms with Crippen molar-refractivity contribution in [3.63, 3.8) is 0 Å². The van der Waals surface area contributed by atoms with E-state index < -0.39 is 11.2 Å². The Bertz CT molecular complexity index is 1130. The highest BCUT2D eigenvalue weighted by Crippen LogP contribution is 2.29. The van der Waals surface area contributed by atoms with Crippen molar-refractivity contribution in [3.05, 3.63) is 74.4 Å². The van der Waals surface area contributed by atoms with E-state index in [0.717, 1.165) is 6.42 Å². The molecule has 1 aliphatic rings. The summed E-state index contributed by atoms with van der Waals surface area (Å²) in [4.78, 5) is 42.6. The van der Waals surface area contributed by atoms with Crippen molar-refractivity contribution >= 4 is 22.5 Å². The number of aromatic nitrogens is 2. The quantitative estimate of drug-likeness (QED) is 0.660. The van der Waals surface area contributed by atoms with Gasteiger partial charge < -0.3 is 15.2 Å². The van der Waals surface area contributed by atoms with Crippen LogP contribution in [0.15, 0.2) is 52.1 Å². The van der Waals surface area contributed by atoms with Gasteiger partial charge in [-0.15, -0.1) is 0 Å². The summed E-state index contributed by atoms with van der Waals surface area (Å²) >= 11 is 0. The molecule has 0 saturated heterocycles. The molecule has 0 aliphatic carbocycles. The highest BCUT2D eigenvalue weighted by Gasteiger charge is 2.26. The van der Waals surface area contributed by atoms with Crippen LogP contribution in [0.1, 0.15) is 24.1 Å². The predicted molar refractivity (Wildman–Crippen MR) is 104 cm³/mol. The van der Waals surface area contributed by atoms with E-state index in [-0.39, 0.29) is 18.5 Å². The van der Waals surface area contributed by atoms with E-state index in [1.165, 1.54) is 11.1 Å². The molecule has 1 amide bonds. The molecule has 1 aromatic heterocycles. The van der Waals surface area contributed by atoms with Gasteiger partial charge in [-0.3, -0.25) is 14.6 Å². The Morgan fingerprint density at radius 1 is 1.19 bits per heavy atom. The number of hydrogen-bond donors (Lipinski definition) is 3. The number of carbonyl (C=O) groups excluding carboxylic acids is 1. The van der Waals surface area contributed by atoms with Gasteiger partial charge in [-0.2, -0.15) is 0 Å². The number of hydrogen-bond acceptors (Lipinski definition) is 4. The number of carbonyl (C=O) groups is 1. The average Bonchev–Trinajstić information content (AvgIpc) is 2.66. The first kappa shape index (κ1) is 17.1. The second-order valence-electron chi connectivity index (χ2n) is 6.73. The minimum atomic E-state index is -0.554. The van der Waals surface area contributed by atoms with Gasteiger partial charge in [0.2, 0.25) is 5.91 Å². The van der Waals surface area contributed by atoms with Crippen LogP contribution in [0.3, 0.4) is 0 Å². The zero-order valence-corrected chi connectivity index (χ0v) is 14.9. The predicted octanol–water partition coefficient (Wildman–Crippen LogP) is 1.77. The maximum absolute atomic E-state index is 12.7. The van der Waals surface area contributed by atoms with Crippen LogP contribution in [0, 0.1) is 0 Å². The molecule has 7 nitrogen and oxygen atoms in total. The van der Waals surface area contributed by atoms with Crippen LogP contribution in [0.5, 0.6) is 0 Å². The lowest BCUT2D eigenvalue weighted by Gasteiger charge is -2.35. The summed E-state index contributed by atoms with van der Waals surface area (Å²) in [5.74, 6) is 0.0107. The molecule has 0 bridgehead atoms. The van der Waals surface area contributed by atoms with Crippen LogP contribution in [-0.2, 0) is 11.2 Å². The minimum absolute atomic E-state index is 0.0107. The van der Waals surface area contributed by atoms with Crippen LogP contribution in [0.25, 0.3) is 10.9 Å². The average molecular weight is 364 g/mol. The molecule has 0 saturated carbocycles. The Balaban J connectivity index is 1.49. The second-order valence-corrected chi connectivity index (χ2v) is 6.73. The van der Waals surface area contributed by atoms with Crippen molar-refractivity contribution in [2.75, 3.05) is 18.4 Å². The number of fused-ring (bicyclic) bond motifs is 2. The maximum Gasteiger partial charge on any atom is 0.326 e. The van der Waals surface area contributed by atoms with Crippen LogP contribution in [0.4, 0.5) is 5.69 Å². The largest absolute Gasteiger partial charge is 0.376 e. The summed E-state index contributed by atoms with van der Waals surface area (Å²) in [6.45, 7) is 2.88. The fraction of sp³-hybridized carbons (Fsp3) is 0.250. The number of benzene rings is 2. The summed E-state index contributed by atoms with van der Waals surface area (Å²) in [7, 11) is 0. The first-order chi connectivity index (χ1) is 13.0. The third-order valence-corrected chi connectivity index (χ3v) is 5.10. The Kier molecular flexibility index (Phi) is 4.27. The lowest BCUT2D eigenvalue weighted by Crippen LogP contribution is -2.41. The van der Waals surface area contributed by atoms with E-state index >= 15 is 0 Å². The molecule has 7 heteroatoms. The van der Waals surface area contributed by atoms with Gasteiger partial charge in [0.25, 0.3) is 5.56 Å². The van der Waals surface area contributed by atoms with Crippen LogP contribution >= 0.6 is 0 Å². The number of aromatic amines is 2. The monoisotopic (exact) mass is 364 g/mol. The molecule has 2 aromatic carbocycles. The van der Waals surface area contributed by atoms with Gasteiger partial charge in [-0.05, 0) is 42.7 Å². The number of anilines is 1. The molecule has 27 heavy (non-hydrogen) atoms. The lowest BCUT2D eigenvalue weighted by atomic mass is 9.93. The molecule has 0 spiro atoms. The third-order valence-electron chi connectivity index (χ3n) is 5.10. The van der Waals surface area contributed by atoms with Crippen molar-refractivity contribution < 1.29 is 4.79 Å². The highest BCUT2D eigenvalue weighted by molar-refractivity contribution is 5.84. The number of rotatable bonds is 3. The molecule has 1 unspecified atom stereocenters. The summed E-state index contributed by atoms with van der Waals surface area (Å²) in [6.07, 6.45) is 0.853. The first-order valence-corrected chi connectivity index (χ1v) is 8.90. The van der Waals surface area contributed by atoms with Crippen molar-refractivity contribution in [1.82, 2.24) is 14.9 Å². The molecule has 1 atom stereocenters. The number of H-pyrrole nitrogens is 2. The van der Waals surface area contributed by atoms with E-state index in [1.807, 2.05) is 24.0 Å². The highest BCUT2D eigenvalue weighted by atomic mass is 16.2. The Morgan fingerprint density at radius 2 is 2.00 bits per heavy atom. The van der Waals surface area contributed by atoms with Gasteiger partial charge in [0, 0.05) is 12.2 Å². The van der Waals surface area contributed by atoms with Gasteiger partial charge >= 0.3 is 5.69 Å². The molecule has 4 rings (SSSR count). The Labute approximate surface area is 155 Å². The standard InChI is InChI=1S/C20H20N4O3/c1-12-15-5-3-2-4-13(15)8-9-24(12)18(25)11-21-14-6-7-16-17(10-14)22-20(27)23-19(16)26/h2-7,10,12,21H,8-9,11H2,1H3,(H2,22,23,26,27). The molecule has 1 aliphatic heterocycles. The van der Waals surface area contributed by atoms with Gasteiger partial charge in [-0.1, -0.05) is 24.3 Å². The summed E-state index contributed by atoms with van der Waals surface area (Å²) < 4.78 is 0. The maximum atomic E-state index is 12.7. The first-order valence-electron chi connectivity index (χ1n) is 8.90. The fourth-order valence-corrected chi connectivity index (χ4v) is 3.67. The number of amides is 1. The molecule has 2 heterocycles. The van der Waals surface area contributed by atoms with Gasteiger partial charge in [0.1, 0.15) is 0 Å².